The molecule has 1 N–H and O–H groups in total. The third-order valence-corrected chi connectivity index (χ3v) is 2.81. The van der Waals surface area contributed by atoms with E-state index in [9.17, 15) is 0 Å². The number of fused-ring (bicyclic) bond motifs is 1. The van der Waals surface area contributed by atoms with Crippen molar-refractivity contribution in [3.8, 4) is 0 Å². The number of aliphatic hydroxyl groups excluding tert-OH is 1. The summed E-state index contributed by atoms with van der Waals surface area (Å²) < 4.78 is 2.12. The Kier molecular flexibility index (Phi) is 3.17. The van der Waals surface area contributed by atoms with Crippen molar-refractivity contribution < 1.29 is 5.11 Å². The SMILES string of the molecule is CC(C)n1c(CCO)nc2ccc(Cl)cc21. The number of imidazole rings is 1. The highest BCUT2D eigenvalue weighted by molar-refractivity contribution is 6.31. The molecule has 2 aromatic rings. The molecular weight excluding hydrogens is 224 g/mol. The lowest BCUT2D eigenvalue weighted by atomic mass is 10.3. The van der Waals surface area contributed by atoms with Gasteiger partial charge in [0.1, 0.15) is 5.82 Å². The van der Waals surface area contributed by atoms with Crippen molar-refractivity contribution >= 4 is 22.6 Å². The van der Waals surface area contributed by atoms with Gasteiger partial charge in [0, 0.05) is 17.5 Å². The maximum Gasteiger partial charge on any atom is 0.112 e. The first kappa shape index (κ1) is 11.4. The Hall–Kier alpha value is -1.06. The molecule has 4 heteroatoms. The van der Waals surface area contributed by atoms with E-state index in [1.54, 1.807) is 0 Å². The van der Waals surface area contributed by atoms with E-state index in [-0.39, 0.29) is 6.61 Å². The Morgan fingerprint density at radius 1 is 1.44 bits per heavy atom. The first-order valence-corrected chi connectivity index (χ1v) is 5.78. The normalized spacial score (nSPS) is 11.6. The molecule has 0 radical (unpaired) electrons. The highest BCUT2D eigenvalue weighted by atomic mass is 35.5. The molecule has 0 aliphatic rings. The van der Waals surface area contributed by atoms with Gasteiger partial charge in [0.05, 0.1) is 17.6 Å². The number of nitrogens with zero attached hydrogens (tertiary/aromatic N) is 2. The minimum absolute atomic E-state index is 0.115. The number of aromatic nitrogens is 2. The Labute approximate surface area is 99.7 Å². The predicted molar refractivity (Wildman–Crippen MR) is 65.9 cm³/mol. The van der Waals surface area contributed by atoms with E-state index in [1.165, 1.54) is 0 Å². The highest BCUT2D eigenvalue weighted by Crippen LogP contribution is 2.24. The molecule has 0 fully saturated rings. The molecule has 0 amide bonds. The quantitative estimate of drug-likeness (QED) is 0.893. The van der Waals surface area contributed by atoms with Gasteiger partial charge in [-0.3, -0.25) is 0 Å². The van der Waals surface area contributed by atoms with Gasteiger partial charge in [-0.1, -0.05) is 11.6 Å². The van der Waals surface area contributed by atoms with E-state index in [0.717, 1.165) is 16.9 Å². The molecule has 16 heavy (non-hydrogen) atoms. The molecule has 0 unspecified atom stereocenters. The van der Waals surface area contributed by atoms with Gasteiger partial charge in [-0.15, -0.1) is 0 Å². The number of hydrogen-bond donors (Lipinski definition) is 1. The Balaban J connectivity index is 2.67. The molecule has 2 rings (SSSR count). The molecule has 0 bridgehead atoms. The summed E-state index contributed by atoms with van der Waals surface area (Å²) in [6, 6.07) is 5.98. The van der Waals surface area contributed by atoms with Gasteiger partial charge < -0.3 is 9.67 Å². The molecule has 1 aromatic heterocycles. The standard InChI is InChI=1S/C12H15ClN2O/c1-8(2)15-11-7-9(13)3-4-10(11)14-12(15)5-6-16/h3-4,7-8,16H,5-6H2,1-2H3. The largest absolute Gasteiger partial charge is 0.396 e. The Morgan fingerprint density at radius 3 is 2.81 bits per heavy atom. The lowest BCUT2D eigenvalue weighted by molar-refractivity contribution is 0.294. The van der Waals surface area contributed by atoms with Crippen molar-refractivity contribution in [2.24, 2.45) is 0 Å². The summed E-state index contributed by atoms with van der Waals surface area (Å²) in [4.78, 5) is 4.51. The zero-order valence-corrected chi connectivity index (χ0v) is 10.2. The first-order chi connectivity index (χ1) is 7.63. The molecule has 0 aliphatic carbocycles. The van der Waals surface area contributed by atoms with Crippen LogP contribution >= 0.6 is 11.6 Å². The fourth-order valence-corrected chi connectivity index (χ4v) is 2.13. The molecule has 3 nitrogen and oxygen atoms in total. The highest BCUT2D eigenvalue weighted by Gasteiger charge is 2.12. The zero-order chi connectivity index (χ0) is 11.7. The van der Waals surface area contributed by atoms with Crippen LogP contribution in [0, 0.1) is 0 Å². The number of aliphatic hydroxyl groups is 1. The molecule has 0 saturated carbocycles. The van der Waals surface area contributed by atoms with Crippen LogP contribution in [0.1, 0.15) is 25.7 Å². The predicted octanol–water partition coefficient (Wildman–Crippen LogP) is 2.81. The Morgan fingerprint density at radius 2 is 2.19 bits per heavy atom. The average molecular weight is 239 g/mol. The zero-order valence-electron chi connectivity index (χ0n) is 9.44. The fraction of sp³-hybridized carbons (Fsp3) is 0.417. The smallest absolute Gasteiger partial charge is 0.112 e. The van der Waals surface area contributed by atoms with Gasteiger partial charge in [0.15, 0.2) is 0 Å². The van der Waals surface area contributed by atoms with Crippen LogP contribution in [-0.4, -0.2) is 21.3 Å². The van der Waals surface area contributed by atoms with Crippen molar-refractivity contribution in [2.75, 3.05) is 6.61 Å². The van der Waals surface area contributed by atoms with Crippen molar-refractivity contribution in [3.05, 3.63) is 29.0 Å². The molecule has 1 aromatic carbocycles. The summed E-state index contributed by atoms with van der Waals surface area (Å²) in [5.41, 5.74) is 1.97. The van der Waals surface area contributed by atoms with E-state index in [2.05, 4.69) is 23.4 Å². The summed E-state index contributed by atoms with van der Waals surface area (Å²) in [6.07, 6.45) is 0.574. The van der Waals surface area contributed by atoms with Crippen LogP contribution in [0.3, 0.4) is 0 Å². The number of rotatable bonds is 3. The lowest BCUT2D eigenvalue weighted by Crippen LogP contribution is -2.07. The maximum absolute atomic E-state index is 9.03. The third kappa shape index (κ3) is 1.93. The number of halogens is 1. The van der Waals surface area contributed by atoms with Crippen molar-refractivity contribution in [2.45, 2.75) is 26.3 Å². The van der Waals surface area contributed by atoms with Crippen molar-refractivity contribution in [1.29, 1.82) is 0 Å². The van der Waals surface area contributed by atoms with Gasteiger partial charge in [-0.25, -0.2) is 4.98 Å². The van der Waals surface area contributed by atoms with E-state index in [1.807, 2.05) is 18.2 Å². The van der Waals surface area contributed by atoms with Gasteiger partial charge >= 0.3 is 0 Å². The van der Waals surface area contributed by atoms with E-state index in [4.69, 9.17) is 16.7 Å². The number of benzene rings is 1. The second kappa shape index (κ2) is 4.44. The van der Waals surface area contributed by atoms with Gasteiger partial charge in [0.25, 0.3) is 0 Å². The number of hydrogen-bond acceptors (Lipinski definition) is 2. The van der Waals surface area contributed by atoms with Crippen LogP contribution in [-0.2, 0) is 6.42 Å². The van der Waals surface area contributed by atoms with Crippen LogP contribution in [0.15, 0.2) is 18.2 Å². The minimum atomic E-state index is 0.115. The summed E-state index contributed by atoms with van der Waals surface area (Å²) in [5, 5.41) is 9.74. The third-order valence-electron chi connectivity index (χ3n) is 2.58. The Bertz CT molecular complexity index is 505. The van der Waals surface area contributed by atoms with Gasteiger partial charge in [0.2, 0.25) is 0 Å². The van der Waals surface area contributed by atoms with Crippen LogP contribution in [0.25, 0.3) is 11.0 Å². The van der Waals surface area contributed by atoms with E-state index in [0.29, 0.717) is 17.5 Å². The summed E-state index contributed by atoms with van der Waals surface area (Å²) >= 11 is 5.99. The monoisotopic (exact) mass is 238 g/mol. The first-order valence-electron chi connectivity index (χ1n) is 5.40. The molecule has 0 atom stereocenters. The van der Waals surface area contributed by atoms with Crippen LogP contribution in [0.2, 0.25) is 5.02 Å². The second-order valence-corrected chi connectivity index (χ2v) is 4.53. The molecule has 1 heterocycles. The second-order valence-electron chi connectivity index (χ2n) is 4.10. The van der Waals surface area contributed by atoms with Crippen LogP contribution in [0.5, 0.6) is 0 Å². The van der Waals surface area contributed by atoms with Crippen molar-refractivity contribution in [3.63, 3.8) is 0 Å². The van der Waals surface area contributed by atoms with Crippen molar-refractivity contribution in [1.82, 2.24) is 9.55 Å². The van der Waals surface area contributed by atoms with Crippen LogP contribution in [0.4, 0.5) is 0 Å². The average Bonchev–Trinajstić information content (AvgIpc) is 2.55. The summed E-state index contributed by atoms with van der Waals surface area (Å²) in [6.45, 7) is 4.32. The van der Waals surface area contributed by atoms with Gasteiger partial charge in [-0.05, 0) is 32.0 Å². The fourth-order valence-electron chi connectivity index (χ4n) is 1.97. The minimum Gasteiger partial charge on any atom is -0.396 e. The van der Waals surface area contributed by atoms with E-state index < -0.39 is 0 Å². The maximum atomic E-state index is 9.03. The molecule has 0 saturated heterocycles. The summed E-state index contributed by atoms with van der Waals surface area (Å²) in [7, 11) is 0. The topological polar surface area (TPSA) is 38.0 Å². The van der Waals surface area contributed by atoms with Gasteiger partial charge in [-0.2, -0.15) is 0 Å². The summed E-state index contributed by atoms with van der Waals surface area (Å²) in [5.74, 6) is 0.912. The molecule has 0 spiro atoms. The van der Waals surface area contributed by atoms with E-state index >= 15 is 0 Å². The molecular formula is C12H15ClN2O. The lowest BCUT2D eigenvalue weighted by Gasteiger charge is -2.12. The van der Waals surface area contributed by atoms with Crippen LogP contribution < -0.4 is 0 Å². The molecule has 86 valence electrons. The molecule has 0 aliphatic heterocycles.